The molecule has 110 valence electrons. The number of rotatable bonds is 3. The van der Waals surface area contributed by atoms with Crippen LogP contribution in [0.4, 0.5) is 0 Å². The van der Waals surface area contributed by atoms with E-state index in [4.69, 9.17) is 0 Å². The number of carbonyl (C=O) groups excluding carboxylic acids is 1. The lowest BCUT2D eigenvalue weighted by Gasteiger charge is -2.44. The van der Waals surface area contributed by atoms with E-state index < -0.39 is 0 Å². The first-order chi connectivity index (χ1) is 10.2. The minimum atomic E-state index is 0.201. The molecule has 1 aromatic carbocycles. The Morgan fingerprint density at radius 3 is 2.71 bits per heavy atom. The molecule has 3 aliphatic heterocycles. The molecule has 0 radical (unpaired) electrons. The molecule has 0 aliphatic carbocycles. The van der Waals surface area contributed by atoms with Crippen molar-refractivity contribution in [3.8, 4) is 0 Å². The van der Waals surface area contributed by atoms with Gasteiger partial charge in [0, 0.05) is 20.0 Å². The van der Waals surface area contributed by atoms with Crippen molar-refractivity contribution in [3.05, 3.63) is 30.1 Å². The Kier molecular flexibility index (Phi) is 3.07. The van der Waals surface area contributed by atoms with Gasteiger partial charge >= 0.3 is 0 Å². The summed E-state index contributed by atoms with van der Waals surface area (Å²) in [5.74, 6) is 2.09. The monoisotopic (exact) mass is 283 g/mol. The fourth-order valence-corrected chi connectivity index (χ4v) is 4.04. The number of fused-ring (bicyclic) bond motifs is 4. The number of aromatic nitrogens is 2. The quantitative estimate of drug-likeness (QED) is 0.812. The van der Waals surface area contributed by atoms with E-state index in [9.17, 15) is 4.79 Å². The number of aryl methyl sites for hydroxylation is 1. The number of carbonyl (C=O) groups is 1. The van der Waals surface area contributed by atoms with Gasteiger partial charge in [-0.15, -0.1) is 0 Å². The van der Waals surface area contributed by atoms with E-state index in [1.54, 1.807) is 0 Å². The van der Waals surface area contributed by atoms with Crippen LogP contribution in [0.3, 0.4) is 0 Å². The minimum absolute atomic E-state index is 0.201. The van der Waals surface area contributed by atoms with Crippen LogP contribution in [0, 0.1) is 11.8 Å². The SMILES string of the molecule is Cn1c(C(=O)CC2CN3CCC2CC3)nc2ccccc21. The number of imidazole rings is 1. The molecule has 0 amide bonds. The lowest BCUT2D eigenvalue weighted by Crippen LogP contribution is -2.48. The van der Waals surface area contributed by atoms with E-state index in [-0.39, 0.29) is 5.78 Å². The molecule has 2 aromatic rings. The van der Waals surface area contributed by atoms with Gasteiger partial charge in [-0.1, -0.05) is 12.1 Å². The van der Waals surface area contributed by atoms with E-state index in [0.717, 1.165) is 23.5 Å². The summed E-state index contributed by atoms with van der Waals surface area (Å²) in [6.07, 6.45) is 3.18. The number of hydrogen-bond donors (Lipinski definition) is 0. The molecule has 0 spiro atoms. The zero-order valence-electron chi connectivity index (χ0n) is 12.5. The number of hydrogen-bond acceptors (Lipinski definition) is 3. The predicted molar refractivity (Wildman–Crippen MR) is 82.3 cm³/mol. The van der Waals surface area contributed by atoms with Crippen molar-refractivity contribution in [2.75, 3.05) is 19.6 Å². The lowest BCUT2D eigenvalue weighted by molar-refractivity contribution is 0.0437. The third-order valence-corrected chi connectivity index (χ3v) is 5.28. The van der Waals surface area contributed by atoms with E-state index in [2.05, 4.69) is 9.88 Å². The zero-order chi connectivity index (χ0) is 14.4. The summed E-state index contributed by atoms with van der Waals surface area (Å²) in [6, 6.07) is 7.95. The summed E-state index contributed by atoms with van der Waals surface area (Å²) in [6.45, 7) is 3.55. The number of para-hydroxylation sites is 2. The van der Waals surface area contributed by atoms with Crippen LogP contribution >= 0.6 is 0 Å². The fraction of sp³-hybridized carbons (Fsp3) is 0.529. The van der Waals surface area contributed by atoms with Gasteiger partial charge in [0.25, 0.3) is 0 Å². The molecule has 2 bridgehead atoms. The predicted octanol–water partition coefficient (Wildman–Crippen LogP) is 2.49. The summed E-state index contributed by atoms with van der Waals surface area (Å²) in [7, 11) is 1.94. The van der Waals surface area contributed by atoms with E-state index in [1.807, 2.05) is 35.9 Å². The molecule has 3 fully saturated rings. The zero-order valence-corrected chi connectivity index (χ0v) is 12.5. The Bertz CT molecular complexity index is 682. The second-order valence-corrected chi connectivity index (χ2v) is 6.51. The van der Waals surface area contributed by atoms with Crippen LogP contribution in [0.1, 0.15) is 29.9 Å². The molecule has 4 nitrogen and oxygen atoms in total. The second-order valence-electron chi connectivity index (χ2n) is 6.51. The average molecular weight is 283 g/mol. The van der Waals surface area contributed by atoms with Crippen molar-refractivity contribution in [3.63, 3.8) is 0 Å². The molecule has 21 heavy (non-hydrogen) atoms. The van der Waals surface area contributed by atoms with E-state index >= 15 is 0 Å². The Balaban J connectivity index is 1.58. The first-order valence-corrected chi connectivity index (χ1v) is 7.89. The highest BCUT2D eigenvalue weighted by Crippen LogP contribution is 2.34. The Morgan fingerprint density at radius 1 is 1.29 bits per heavy atom. The summed E-state index contributed by atoms with van der Waals surface area (Å²) < 4.78 is 1.94. The summed E-state index contributed by atoms with van der Waals surface area (Å²) in [4.78, 5) is 19.7. The van der Waals surface area contributed by atoms with E-state index in [0.29, 0.717) is 18.2 Å². The average Bonchev–Trinajstić information content (AvgIpc) is 2.86. The summed E-state index contributed by atoms with van der Waals surface area (Å²) in [5.41, 5.74) is 1.95. The molecule has 1 aromatic heterocycles. The highest BCUT2D eigenvalue weighted by atomic mass is 16.1. The van der Waals surface area contributed by atoms with Crippen molar-refractivity contribution in [2.45, 2.75) is 19.3 Å². The molecule has 3 saturated heterocycles. The maximum absolute atomic E-state index is 12.7. The van der Waals surface area contributed by atoms with Crippen LogP contribution in [0.2, 0.25) is 0 Å². The molecular formula is C17H21N3O. The van der Waals surface area contributed by atoms with Crippen LogP contribution in [-0.2, 0) is 7.05 Å². The van der Waals surface area contributed by atoms with Crippen molar-refractivity contribution < 1.29 is 4.79 Å². The molecule has 1 unspecified atom stereocenters. The van der Waals surface area contributed by atoms with Crippen LogP contribution in [0.25, 0.3) is 11.0 Å². The van der Waals surface area contributed by atoms with Crippen LogP contribution in [0.5, 0.6) is 0 Å². The maximum Gasteiger partial charge on any atom is 0.198 e. The van der Waals surface area contributed by atoms with Crippen LogP contribution in [-0.4, -0.2) is 39.9 Å². The third-order valence-electron chi connectivity index (χ3n) is 5.28. The van der Waals surface area contributed by atoms with Gasteiger partial charge in [-0.2, -0.15) is 0 Å². The van der Waals surface area contributed by atoms with Crippen LogP contribution in [0.15, 0.2) is 24.3 Å². The topological polar surface area (TPSA) is 38.1 Å². The highest BCUT2D eigenvalue weighted by Gasteiger charge is 2.35. The number of Topliss-reactive ketones (excluding diaryl/α,β-unsaturated/α-hetero) is 1. The lowest BCUT2D eigenvalue weighted by atomic mass is 9.77. The van der Waals surface area contributed by atoms with E-state index in [1.165, 1.54) is 25.9 Å². The first kappa shape index (κ1) is 13.0. The first-order valence-electron chi connectivity index (χ1n) is 7.89. The van der Waals surface area contributed by atoms with Gasteiger partial charge in [0.15, 0.2) is 11.6 Å². The summed E-state index contributed by atoms with van der Waals surface area (Å²) >= 11 is 0. The van der Waals surface area contributed by atoms with Gasteiger partial charge in [0.1, 0.15) is 0 Å². The Hall–Kier alpha value is -1.68. The van der Waals surface area contributed by atoms with Gasteiger partial charge in [-0.25, -0.2) is 4.98 Å². The molecule has 0 saturated carbocycles. The maximum atomic E-state index is 12.7. The number of piperidine rings is 3. The highest BCUT2D eigenvalue weighted by molar-refractivity contribution is 5.96. The number of nitrogens with zero attached hydrogens (tertiary/aromatic N) is 3. The van der Waals surface area contributed by atoms with Crippen molar-refractivity contribution in [1.82, 2.24) is 14.5 Å². The Labute approximate surface area is 124 Å². The second kappa shape index (κ2) is 4.95. The fourth-order valence-electron chi connectivity index (χ4n) is 4.04. The molecule has 4 heterocycles. The molecule has 1 atom stereocenters. The van der Waals surface area contributed by atoms with Gasteiger partial charge in [-0.3, -0.25) is 4.79 Å². The van der Waals surface area contributed by atoms with Crippen molar-refractivity contribution in [2.24, 2.45) is 18.9 Å². The van der Waals surface area contributed by atoms with Crippen molar-refractivity contribution in [1.29, 1.82) is 0 Å². The van der Waals surface area contributed by atoms with Crippen molar-refractivity contribution >= 4 is 16.8 Å². The summed E-state index contributed by atoms with van der Waals surface area (Å²) in [5, 5.41) is 0. The third kappa shape index (κ3) is 2.18. The van der Waals surface area contributed by atoms with Crippen LogP contribution < -0.4 is 0 Å². The molecule has 5 rings (SSSR count). The van der Waals surface area contributed by atoms with Gasteiger partial charge in [-0.05, 0) is 49.9 Å². The smallest absolute Gasteiger partial charge is 0.198 e. The standard InChI is InChI=1S/C17H21N3O/c1-19-15-5-3-2-4-14(15)18-17(19)16(21)10-13-11-20-8-6-12(13)7-9-20/h2-5,12-13H,6-11H2,1H3. The van der Waals surface area contributed by atoms with Gasteiger partial charge in [0.05, 0.1) is 11.0 Å². The minimum Gasteiger partial charge on any atom is -0.325 e. The molecule has 3 aliphatic rings. The largest absolute Gasteiger partial charge is 0.325 e. The molecule has 0 N–H and O–H groups in total. The van der Waals surface area contributed by atoms with Gasteiger partial charge < -0.3 is 9.47 Å². The van der Waals surface area contributed by atoms with Gasteiger partial charge in [0.2, 0.25) is 0 Å². The number of ketones is 1. The molecule has 4 heteroatoms. The number of benzene rings is 1. The molecular weight excluding hydrogens is 262 g/mol. The Morgan fingerprint density at radius 2 is 2.05 bits per heavy atom. The normalized spacial score (nSPS) is 28.1.